The Bertz CT molecular complexity index is 954. The van der Waals surface area contributed by atoms with Gasteiger partial charge in [0.05, 0.1) is 19.2 Å². The second-order valence-electron chi connectivity index (χ2n) is 5.64. The van der Waals surface area contributed by atoms with Crippen molar-refractivity contribution in [2.24, 2.45) is 0 Å². The fraction of sp³-hybridized carbons (Fsp3) is 0.158. The van der Waals surface area contributed by atoms with Gasteiger partial charge in [0.15, 0.2) is 0 Å². The lowest BCUT2D eigenvalue weighted by Gasteiger charge is -2.38. The van der Waals surface area contributed by atoms with Crippen LogP contribution < -0.4 is 19.7 Å². The van der Waals surface area contributed by atoms with Crippen molar-refractivity contribution in [2.75, 3.05) is 19.1 Å². The number of methoxy groups -OCH3 is 2. The van der Waals surface area contributed by atoms with E-state index in [4.69, 9.17) is 9.47 Å². The van der Waals surface area contributed by atoms with Crippen LogP contribution in [0, 0.1) is 17.1 Å². The summed E-state index contributed by atoms with van der Waals surface area (Å²) in [6, 6.07) is 12.7. The van der Waals surface area contributed by atoms with Gasteiger partial charge in [0.25, 0.3) is 5.91 Å². The van der Waals surface area contributed by atoms with Crippen molar-refractivity contribution in [2.45, 2.75) is 6.17 Å². The van der Waals surface area contributed by atoms with Crippen LogP contribution in [0.2, 0.25) is 0 Å². The number of hydrogen-bond acceptors (Lipinski definition) is 6. The maximum absolute atomic E-state index is 13.4. The number of halogens is 1. The van der Waals surface area contributed by atoms with Gasteiger partial charge in [0, 0.05) is 11.3 Å². The molecule has 1 N–H and O–H groups in total. The second-order valence-corrected chi connectivity index (χ2v) is 6.06. The summed E-state index contributed by atoms with van der Waals surface area (Å²) in [4.78, 5) is 14.0. The second kappa shape index (κ2) is 7.60. The van der Waals surface area contributed by atoms with Crippen LogP contribution in [0.25, 0.3) is 0 Å². The molecule has 8 heteroatoms. The SMILES string of the molecule is COc1ccc(OC)c(C2NC(=O)C(C#N)=C(S)N2c2ccc(F)cc2)c1. The van der Waals surface area contributed by atoms with Crippen molar-refractivity contribution >= 4 is 24.2 Å². The predicted octanol–water partition coefficient (Wildman–Crippen LogP) is 3.14. The number of nitrogens with zero attached hydrogens (tertiary/aromatic N) is 2. The molecule has 6 nitrogen and oxygen atoms in total. The van der Waals surface area contributed by atoms with Crippen LogP contribution >= 0.6 is 12.6 Å². The Morgan fingerprint density at radius 2 is 1.89 bits per heavy atom. The number of benzene rings is 2. The molecule has 1 atom stereocenters. The van der Waals surface area contributed by atoms with Crippen LogP contribution in [0.4, 0.5) is 10.1 Å². The first-order valence-corrected chi connectivity index (χ1v) is 8.35. The molecule has 2 aromatic carbocycles. The highest BCUT2D eigenvalue weighted by molar-refractivity contribution is 7.84. The summed E-state index contributed by atoms with van der Waals surface area (Å²) in [5, 5.41) is 12.3. The highest BCUT2D eigenvalue weighted by Crippen LogP contribution is 2.39. The minimum atomic E-state index is -0.738. The zero-order valence-corrected chi connectivity index (χ0v) is 15.5. The Hall–Kier alpha value is -3.18. The number of thiol groups is 1. The topological polar surface area (TPSA) is 74.6 Å². The van der Waals surface area contributed by atoms with Gasteiger partial charge in [-0.05, 0) is 42.5 Å². The lowest BCUT2D eigenvalue weighted by atomic mass is 10.1. The Labute approximate surface area is 161 Å². The Kier molecular flexibility index (Phi) is 5.23. The molecule has 1 aliphatic heterocycles. The molecular weight excluding hydrogens is 369 g/mol. The number of ether oxygens (including phenoxy) is 2. The summed E-state index contributed by atoms with van der Waals surface area (Å²) >= 11 is 4.41. The van der Waals surface area contributed by atoms with E-state index in [0.29, 0.717) is 22.7 Å². The molecule has 0 radical (unpaired) electrons. The zero-order chi connectivity index (χ0) is 19.6. The van der Waals surface area contributed by atoms with E-state index in [2.05, 4.69) is 17.9 Å². The molecular formula is C19H16FN3O3S. The van der Waals surface area contributed by atoms with Crippen molar-refractivity contribution < 1.29 is 18.7 Å². The van der Waals surface area contributed by atoms with Gasteiger partial charge in [0.2, 0.25) is 0 Å². The number of nitriles is 1. The van der Waals surface area contributed by atoms with Gasteiger partial charge in [-0.25, -0.2) is 4.39 Å². The maximum atomic E-state index is 13.4. The number of rotatable bonds is 4. The molecule has 1 unspecified atom stereocenters. The number of nitrogens with one attached hydrogen (secondary N) is 1. The first kappa shape index (κ1) is 18.6. The fourth-order valence-corrected chi connectivity index (χ4v) is 3.23. The zero-order valence-electron chi connectivity index (χ0n) is 14.6. The van der Waals surface area contributed by atoms with E-state index >= 15 is 0 Å². The third-order valence-electron chi connectivity index (χ3n) is 4.15. The molecule has 3 rings (SSSR count). The first-order chi connectivity index (χ1) is 13.0. The summed E-state index contributed by atoms with van der Waals surface area (Å²) in [6.07, 6.45) is -0.738. The predicted molar refractivity (Wildman–Crippen MR) is 101 cm³/mol. The summed E-state index contributed by atoms with van der Waals surface area (Å²) < 4.78 is 24.1. The number of anilines is 1. The molecule has 0 bridgehead atoms. The third-order valence-corrected chi connectivity index (χ3v) is 4.59. The quantitative estimate of drug-likeness (QED) is 0.791. The van der Waals surface area contributed by atoms with Crippen molar-refractivity contribution in [3.8, 4) is 17.6 Å². The first-order valence-electron chi connectivity index (χ1n) is 7.91. The summed E-state index contributed by atoms with van der Waals surface area (Å²) in [5.74, 6) is 0.112. The standard InChI is InChI=1S/C19H16FN3O3S/c1-25-13-7-8-16(26-2)14(9-13)17-22-18(24)15(10-21)19(27)23(17)12-5-3-11(20)4-6-12/h3-9,17,27H,1-2H3,(H,22,24). The molecule has 1 aliphatic rings. The van der Waals surface area contributed by atoms with Gasteiger partial charge in [0.1, 0.15) is 35.1 Å². The average Bonchev–Trinajstić information content (AvgIpc) is 2.68. The van der Waals surface area contributed by atoms with E-state index < -0.39 is 17.9 Å². The summed E-state index contributed by atoms with van der Waals surface area (Å²) in [5.41, 5.74) is 1.00. The summed E-state index contributed by atoms with van der Waals surface area (Å²) in [6.45, 7) is 0. The number of carbonyl (C=O) groups is 1. The van der Waals surface area contributed by atoms with E-state index in [0.717, 1.165) is 0 Å². The molecule has 0 spiro atoms. The molecule has 2 aromatic rings. The van der Waals surface area contributed by atoms with Crippen LogP contribution in [-0.4, -0.2) is 20.1 Å². The van der Waals surface area contributed by atoms with Gasteiger partial charge in [-0.2, -0.15) is 5.26 Å². The van der Waals surface area contributed by atoms with Gasteiger partial charge in [-0.15, -0.1) is 12.6 Å². The number of hydrogen-bond donors (Lipinski definition) is 2. The van der Waals surface area contributed by atoms with Gasteiger partial charge >= 0.3 is 0 Å². The van der Waals surface area contributed by atoms with Gasteiger partial charge in [-0.3, -0.25) is 4.79 Å². The minimum absolute atomic E-state index is 0.138. The van der Waals surface area contributed by atoms with Crippen LogP contribution in [-0.2, 0) is 4.79 Å². The normalized spacial score (nSPS) is 16.6. The third kappa shape index (κ3) is 3.41. The molecule has 0 saturated carbocycles. The molecule has 0 aromatic heterocycles. The Morgan fingerprint density at radius 1 is 1.19 bits per heavy atom. The lowest BCUT2D eigenvalue weighted by Crippen LogP contribution is -2.46. The fourth-order valence-electron chi connectivity index (χ4n) is 2.85. The summed E-state index contributed by atoms with van der Waals surface area (Å²) in [7, 11) is 3.04. The van der Waals surface area contributed by atoms with E-state index in [1.54, 1.807) is 23.1 Å². The monoisotopic (exact) mass is 385 g/mol. The van der Waals surface area contributed by atoms with Crippen molar-refractivity contribution in [3.63, 3.8) is 0 Å². The van der Waals surface area contributed by atoms with Gasteiger partial charge in [-0.1, -0.05) is 0 Å². The Balaban J connectivity index is 2.21. The highest BCUT2D eigenvalue weighted by Gasteiger charge is 2.35. The highest BCUT2D eigenvalue weighted by atomic mass is 32.1. The molecule has 1 amide bonds. The Morgan fingerprint density at radius 3 is 2.48 bits per heavy atom. The average molecular weight is 385 g/mol. The van der Waals surface area contributed by atoms with Crippen LogP contribution in [0.3, 0.4) is 0 Å². The lowest BCUT2D eigenvalue weighted by molar-refractivity contribution is -0.118. The van der Waals surface area contributed by atoms with Crippen LogP contribution in [0.15, 0.2) is 53.1 Å². The van der Waals surface area contributed by atoms with E-state index in [1.807, 2.05) is 6.07 Å². The number of amides is 1. The smallest absolute Gasteiger partial charge is 0.266 e. The largest absolute Gasteiger partial charge is 0.497 e. The van der Waals surface area contributed by atoms with Crippen molar-refractivity contribution in [3.05, 3.63) is 64.4 Å². The minimum Gasteiger partial charge on any atom is -0.497 e. The van der Waals surface area contributed by atoms with E-state index in [1.165, 1.54) is 38.5 Å². The molecule has 1 heterocycles. The molecule has 0 saturated heterocycles. The van der Waals surface area contributed by atoms with E-state index in [9.17, 15) is 14.4 Å². The van der Waals surface area contributed by atoms with Crippen LogP contribution in [0.5, 0.6) is 11.5 Å². The molecule has 0 fully saturated rings. The van der Waals surface area contributed by atoms with Gasteiger partial charge < -0.3 is 19.7 Å². The molecule has 0 aliphatic carbocycles. The maximum Gasteiger partial charge on any atom is 0.266 e. The van der Waals surface area contributed by atoms with E-state index in [-0.39, 0.29) is 10.6 Å². The molecule has 27 heavy (non-hydrogen) atoms. The number of carbonyl (C=O) groups excluding carboxylic acids is 1. The van der Waals surface area contributed by atoms with Crippen molar-refractivity contribution in [1.82, 2.24) is 5.32 Å². The van der Waals surface area contributed by atoms with Crippen molar-refractivity contribution in [1.29, 1.82) is 5.26 Å². The molecule has 138 valence electrons. The van der Waals surface area contributed by atoms with Crippen LogP contribution in [0.1, 0.15) is 11.7 Å².